The van der Waals surface area contributed by atoms with Crippen LogP contribution in [-0.4, -0.2) is 11.6 Å². The molecule has 0 spiro atoms. The summed E-state index contributed by atoms with van der Waals surface area (Å²) in [6.45, 7) is 6.07. The molecule has 1 aliphatic rings. The summed E-state index contributed by atoms with van der Waals surface area (Å²) in [5, 5.41) is 4.43. The first-order chi connectivity index (χ1) is 14.0. The van der Waals surface area contributed by atoms with Crippen LogP contribution >= 0.6 is 0 Å². The molecular weight excluding hydrogens is 356 g/mol. The Bertz CT molecular complexity index is 1020. The second-order valence-electron chi connectivity index (χ2n) is 7.95. The van der Waals surface area contributed by atoms with Gasteiger partial charge in [0.05, 0.1) is 11.6 Å². The van der Waals surface area contributed by atoms with Gasteiger partial charge in [0.15, 0.2) is 0 Å². The molecule has 1 aliphatic carbocycles. The van der Waals surface area contributed by atoms with Gasteiger partial charge in [0.2, 0.25) is 5.91 Å². The van der Waals surface area contributed by atoms with E-state index in [1.54, 1.807) is 0 Å². The van der Waals surface area contributed by atoms with Crippen LogP contribution in [0.25, 0.3) is 0 Å². The maximum atomic E-state index is 13.0. The van der Waals surface area contributed by atoms with Crippen molar-refractivity contribution in [2.75, 3.05) is 0 Å². The molecular formula is C26H26N2O. The van der Waals surface area contributed by atoms with Crippen molar-refractivity contribution in [1.29, 1.82) is 0 Å². The van der Waals surface area contributed by atoms with Crippen LogP contribution in [-0.2, 0) is 10.2 Å². The summed E-state index contributed by atoms with van der Waals surface area (Å²) in [5.41, 5.74) is 9.16. The Morgan fingerprint density at radius 3 is 2.10 bits per heavy atom. The lowest BCUT2D eigenvalue weighted by molar-refractivity contribution is -0.122. The third-order valence-electron chi connectivity index (χ3n) is 5.97. The van der Waals surface area contributed by atoms with Crippen molar-refractivity contribution in [2.24, 2.45) is 11.0 Å². The van der Waals surface area contributed by atoms with Crippen LogP contribution in [0.2, 0.25) is 0 Å². The van der Waals surface area contributed by atoms with Gasteiger partial charge in [0.1, 0.15) is 0 Å². The van der Waals surface area contributed by atoms with Gasteiger partial charge < -0.3 is 0 Å². The first-order valence-electron chi connectivity index (χ1n) is 10.0. The van der Waals surface area contributed by atoms with Crippen LogP contribution in [0, 0.1) is 19.8 Å². The minimum atomic E-state index is -0.269. The molecule has 3 nitrogen and oxygen atoms in total. The summed E-state index contributed by atoms with van der Waals surface area (Å²) in [7, 11) is 0. The molecule has 146 valence electrons. The van der Waals surface area contributed by atoms with E-state index in [9.17, 15) is 4.79 Å². The zero-order valence-corrected chi connectivity index (χ0v) is 17.1. The average molecular weight is 383 g/mol. The van der Waals surface area contributed by atoms with E-state index < -0.39 is 0 Å². The van der Waals surface area contributed by atoms with E-state index in [0.717, 1.165) is 23.3 Å². The highest BCUT2D eigenvalue weighted by molar-refractivity contribution is 6.01. The maximum Gasteiger partial charge on any atom is 0.244 e. The number of amides is 1. The fourth-order valence-corrected chi connectivity index (χ4v) is 4.26. The Balaban J connectivity index is 1.58. The Kier molecular flexibility index (Phi) is 5.06. The third kappa shape index (κ3) is 3.61. The fourth-order valence-electron chi connectivity index (χ4n) is 4.26. The number of hydrogen-bond acceptors (Lipinski definition) is 2. The quantitative estimate of drug-likeness (QED) is 0.481. The molecule has 0 aromatic heterocycles. The Hall–Kier alpha value is -3.20. The predicted octanol–water partition coefficient (Wildman–Crippen LogP) is 5.15. The van der Waals surface area contributed by atoms with Gasteiger partial charge in [0, 0.05) is 11.0 Å². The van der Waals surface area contributed by atoms with Gasteiger partial charge in [0.25, 0.3) is 0 Å². The van der Waals surface area contributed by atoms with E-state index in [1.807, 2.05) is 43.3 Å². The van der Waals surface area contributed by atoms with E-state index in [1.165, 1.54) is 16.7 Å². The van der Waals surface area contributed by atoms with Crippen molar-refractivity contribution in [1.82, 2.24) is 5.43 Å². The van der Waals surface area contributed by atoms with Crippen molar-refractivity contribution < 1.29 is 4.79 Å². The smallest absolute Gasteiger partial charge is 0.244 e. The van der Waals surface area contributed by atoms with Crippen molar-refractivity contribution in [3.63, 3.8) is 0 Å². The molecule has 1 unspecified atom stereocenters. The highest BCUT2D eigenvalue weighted by Crippen LogP contribution is 2.58. The van der Waals surface area contributed by atoms with Crippen LogP contribution in [0.4, 0.5) is 0 Å². The highest BCUT2D eigenvalue weighted by atomic mass is 16.2. The van der Waals surface area contributed by atoms with E-state index in [4.69, 9.17) is 0 Å². The molecule has 1 atom stereocenters. The average Bonchev–Trinajstić information content (AvgIpc) is 3.52. The molecule has 1 fully saturated rings. The summed E-state index contributed by atoms with van der Waals surface area (Å²) in [6, 6.07) is 26.9. The van der Waals surface area contributed by atoms with Crippen LogP contribution in [0.5, 0.6) is 0 Å². The monoisotopic (exact) mass is 382 g/mol. The number of hydrogen-bond donors (Lipinski definition) is 1. The van der Waals surface area contributed by atoms with Gasteiger partial charge in [-0.2, -0.15) is 5.10 Å². The Morgan fingerprint density at radius 1 is 0.931 bits per heavy atom. The first kappa shape index (κ1) is 19.1. The van der Waals surface area contributed by atoms with E-state index in [0.29, 0.717) is 0 Å². The summed E-state index contributed by atoms with van der Waals surface area (Å²) < 4.78 is 0. The van der Waals surface area contributed by atoms with Crippen molar-refractivity contribution in [3.8, 4) is 0 Å². The lowest BCUT2D eigenvalue weighted by atomic mass is 9.85. The first-order valence-corrected chi connectivity index (χ1v) is 10.0. The van der Waals surface area contributed by atoms with Crippen LogP contribution < -0.4 is 5.43 Å². The second kappa shape index (κ2) is 7.67. The number of aryl methyl sites for hydroxylation is 2. The molecule has 1 saturated carbocycles. The fraction of sp³-hybridized carbons (Fsp3) is 0.231. The van der Waals surface area contributed by atoms with Gasteiger partial charge in [-0.15, -0.1) is 0 Å². The number of benzene rings is 3. The van der Waals surface area contributed by atoms with E-state index >= 15 is 0 Å². The molecule has 1 amide bonds. The minimum Gasteiger partial charge on any atom is -0.273 e. The van der Waals surface area contributed by atoms with Gasteiger partial charge >= 0.3 is 0 Å². The van der Waals surface area contributed by atoms with Crippen molar-refractivity contribution in [3.05, 3.63) is 107 Å². The number of nitrogens with one attached hydrogen (secondary N) is 1. The molecule has 3 aromatic carbocycles. The van der Waals surface area contributed by atoms with Gasteiger partial charge in [-0.1, -0.05) is 78.4 Å². The molecule has 0 bridgehead atoms. The minimum absolute atomic E-state index is 0.0256. The van der Waals surface area contributed by atoms with E-state index in [-0.39, 0.29) is 17.2 Å². The molecule has 0 radical (unpaired) electrons. The zero-order valence-electron chi connectivity index (χ0n) is 17.1. The largest absolute Gasteiger partial charge is 0.273 e. The summed E-state index contributed by atoms with van der Waals surface area (Å²) in [4.78, 5) is 13.0. The number of hydrazone groups is 1. The van der Waals surface area contributed by atoms with Crippen molar-refractivity contribution >= 4 is 11.6 Å². The highest BCUT2D eigenvalue weighted by Gasteiger charge is 2.60. The number of rotatable bonds is 5. The van der Waals surface area contributed by atoms with Crippen LogP contribution in [0.15, 0.2) is 84.0 Å². The summed E-state index contributed by atoms with van der Waals surface area (Å²) in [6.07, 6.45) is 0.797. The van der Waals surface area contributed by atoms with Crippen LogP contribution in [0.1, 0.15) is 41.2 Å². The number of carbonyl (C=O) groups excluding carboxylic acids is 1. The molecule has 4 rings (SSSR count). The van der Waals surface area contributed by atoms with Gasteiger partial charge in [-0.05, 0) is 49.9 Å². The Labute approximate surface area is 172 Å². The van der Waals surface area contributed by atoms with Crippen molar-refractivity contribution in [2.45, 2.75) is 32.6 Å². The molecule has 3 heteroatoms. The standard InChI is InChI=1S/C26H26N2O/c1-18-14-15-19(2)23(16-18)20(3)27-28-25(29)24-17-26(24,21-10-6-4-7-11-21)22-12-8-5-9-13-22/h4-16,24H,17H2,1-3H3,(H,28,29). The predicted molar refractivity (Wildman–Crippen MR) is 118 cm³/mol. The topological polar surface area (TPSA) is 41.5 Å². The zero-order chi connectivity index (χ0) is 20.4. The molecule has 0 saturated heterocycles. The SMILES string of the molecule is CC(=NNC(=O)C1CC1(c1ccccc1)c1ccccc1)c1cc(C)ccc1C. The van der Waals surface area contributed by atoms with E-state index in [2.05, 4.69) is 66.8 Å². The number of nitrogens with zero attached hydrogens (tertiary/aromatic N) is 1. The Morgan fingerprint density at radius 2 is 1.52 bits per heavy atom. The van der Waals surface area contributed by atoms with Gasteiger partial charge in [-0.25, -0.2) is 5.43 Å². The van der Waals surface area contributed by atoms with Gasteiger partial charge in [-0.3, -0.25) is 4.79 Å². The molecule has 0 aliphatic heterocycles. The lowest BCUT2D eigenvalue weighted by Gasteiger charge is -2.18. The third-order valence-corrected chi connectivity index (χ3v) is 5.97. The molecule has 29 heavy (non-hydrogen) atoms. The summed E-state index contributed by atoms with van der Waals surface area (Å²) >= 11 is 0. The van der Waals surface area contributed by atoms with Crippen LogP contribution in [0.3, 0.4) is 0 Å². The number of carbonyl (C=O) groups is 1. The normalized spacial score (nSPS) is 17.6. The molecule has 1 N–H and O–H groups in total. The second-order valence-corrected chi connectivity index (χ2v) is 7.95. The lowest BCUT2D eigenvalue weighted by Crippen LogP contribution is -2.26. The summed E-state index contributed by atoms with van der Waals surface area (Å²) in [5.74, 6) is -0.148. The molecule has 0 heterocycles. The maximum absolute atomic E-state index is 13.0. The molecule has 3 aromatic rings.